The third-order valence-electron chi connectivity index (χ3n) is 4.91. The summed E-state index contributed by atoms with van der Waals surface area (Å²) in [6.45, 7) is 0. The fourth-order valence-electron chi connectivity index (χ4n) is 3.64. The van der Waals surface area contributed by atoms with Crippen LogP contribution in [0.4, 0.5) is 4.39 Å². The highest BCUT2D eigenvalue weighted by molar-refractivity contribution is 5.99. The van der Waals surface area contributed by atoms with Crippen molar-refractivity contribution in [1.29, 1.82) is 0 Å². The summed E-state index contributed by atoms with van der Waals surface area (Å²) in [5.74, 6) is -0.105. The summed E-state index contributed by atoms with van der Waals surface area (Å²) < 4.78 is 14.9. The molecule has 1 amide bonds. The van der Waals surface area contributed by atoms with Gasteiger partial charge in [0.05, 0.1) is 12.2 Å². The van der Waals surface area contributed by atoms with Crippen molar-refractivity contribution in [2.45, 2.75) is 31.7 Å². The molecule has 1 aliphatic rings. The molecule has 128 valence electrons. The summed E-state index contributed by atoms with van der Waals surface area (Å²) in [4.78, 5) is 17.1. The molecule has 2 heterocycles. The van der Waals surface area contributed by atoms with Crippen LogP contribution in [0.5, 0.6) is 0 Å². The average molecular weight is 338 g/mol. The Kier molecular flexibility index (Phi) is 4.17. The quantitative estimate of drug-likeness (QED) is 0.792. The lowest BCUT2D eigenvalue weighted by atomic mass is 9.91. The lowest BCUT2D eigenvalue weighted by Crippen LogP contribution is -2.32. The largest absolute Gasteiger partial charge is 0.345 e. The molecule has 0 radical (unpaired) electrons. The Bertz CT molecular complexity index is 884. The van der Waals surface area contributed by atoms with Crippen LogP contribution in [0.25, 0.3) is 5.65 Å². The van der Waals surface area contributed by atoms with Crippen molar-refractivity contribution in [2.75, 3.05) is 0 Å². The SMILES string of the molecule is O=C(NC(c1ccc(F)cc1)C1CCCC1)c1cnn2cccnc12. The van der Waals surface area contributed by atoms with Crippen LogP contribution < -0.4 is 5.32 Å². The smallest absolute Gasteiger partial charge is 0.257 e. The maximum absolute atomic E-state index is 13.3. The average Bonchev–Trinajstić information content (AvgIpc) is 3.30. The van der Waals surface area contributed by atoms with Gasteiger partial charge < -0.3 is 5.32 Å². The van der Waals surface area contributed by atoms with E-state index in [-0.39, 0.29) is 17.8 Å². The third kappa shape index (κ3) is 3.12. The second kappa shape index (κ2) is 6.63. The minimum atomic E-state index is -0.271. The molecule has 1 fully saturated rings. The van der Waals surface area contributed by atoms with Gasteiger partial charge in [-0.1, -0.05) is 25.0 Å². The Morgan fingerprint density at radius 3 is 2.76 bits per heavy atom. The Hall–Kier alpha value is -2.76. The number of hydrogen-bond donors (Lipinski definition) is 1. The zero-order valence-corrected chi connectivity index (χ0v) is 13.7. The molecule has 1 unspecified atom stereocenters. The Morgan fingerprint density at radius 2 is 2.00 bits per heavy atom. The summed E-state index contributed by atoms with van der Waals surface area (Å²) in [5, 5.41) is 7.31. The molecule has 1 N–H and O–H groups in total. The van der Waals surface area contributed by atoms with E-state index in [2.05, 4.69) is 15.4 Å². The van der Waals surface area contributed by atoms with Crippen molar-refractivity contribution in [3.05, 3.63) is 65.9 Å². The number of aromatic nitrogens is 3. The van der Waals surface area contributed by atoms with Crippen LogP contribution in [0.1, 0.15) is 47.6 Å². The van der Waals surface area contributed by atoms with Gasteiger partial charge in [-0.2, -0.15) is 5.10 Å². The summed E-state index contributed by atoms with van der Waals surface area (Å²) in [6, 6.07) is 8.04. The van der Waals surface area contributed by atoms with Gasteiger partial charge in [-0.05, 0) is 42.5 Å². The van der Waals surface area contributed by atoms with E-state index in [1.807, 2.05) is 0 Å². The number of nitrogens with zero attached hydrogens (tertiary/aromatic N) is 3. The molecular weight excluding hydrogens is 319 g/mol. The lowest BCUT2D eigenvalue weighted by Gasteiger charge is -2.25. The van der Waals surface area contributed by atoms with Gasteiger partial charge in [0.1, 0.15) is 11.4 Å². The molecule has 3 aromatic rings. The fraction of sp³-hybridized carbons (Fsp3) is 0.316. The molecule has 1 atom stereocenters. The second-order valence-corrected chi connectivity index (χ2v) is 6.49. The number of rotatable bonds is 4. The van der Waals surface area contributed by atoms with Crippen molar-refractivity contribution >= 4 is 11.6 Å². The van der Waals surface area contributed by atoms with Crippen molar-refractivity contribution < 1.29 is 9.18 Å². The van der Waals surface area contributed by atoms with Gasteiger partial charge in [0.15, 0.2) is 5.65 Å². The number of hydrogen-bond acceptors (Lipinski definition) is 3. The van der Waals surface area contributed by atoms with E-state index in [1.165, 1.54) is 18.3 Å². The summed E-state index contributed by atoms with van der Waals surface area (Å²) in [6.07, 6.45) is 9.39. The van der Waals surface area contributed by atoms with Crippen LogP contribution >= 0.6 is 0 Å². The molecule has 5 nitrogen and oxygen atoms in total. The predicted octanol–water partition coefficient (Wildman–Crippen LogP) is 3.53. The maximum Gasteiger partial charge on any atom is 0.257 e. The van der Waals surface area contributed by atoms with E-state index in [9.17, 15) is 9.18 Å². The predicted molar refractivity (Wildman–Crippen MR) is 91.6 cm³/mol. The van der Waals surface area contributed by atoms with Crippen LogP contribution in [0.15, 0.2) is 48.9 Å². The Labute approximate surface area is 144 Å². The maximum atomic E-state index is 13.3. The topological polar surface area (TPSA) is 59.3 Å². The highest BCUT2D eigenvalue weighted by Gasteiger charge is 2.29. The van der Waals surface area contributed by atoms with Crippen molar-refractivity contribution in [3.8, 4) is 0 Å². The van der Waals surface area contributed by atoms with Gasteiger partial charge in [0, 0.05) is 12.4 Å². The molecule has 1 saturated carbocycles. The van der Waals surface area contributed by atoms with Gasteiger partial charge in [-0.25, -0.2) is 13.9 Å². The minimum absolute atomic E-state index is 0.130. The van der Waals surface area contributed by atoms with Crippen LogP contribution in [0, 0.1) is 11.7 Å². The molecule has 0 aliphatic heterocycles. The first-order valence-electron chi connectivity index (χ1n) is 8.57. The summed E-state index contributed by atoms with van der Waals surface area (Å²) in [7, 11) is 0. The highest BCUT2D eigenvalue weighted by atomic mass is 19.1. The van der Waals surface area contributed by atoms with Crippen LogP contribution in [0.3, 0.4) is 0 Å². The van der Waals surface area contributed by atoms with Gasteiger partial charge in [0.25, 0.3) is 5.91 Å². The Balaban J connectivity index is 1.63. The van der Waals surface area contributed by atoms with Gasteiger partial charge in [-0.15, -0.1) is 0 Å². The minimum Gasteiger partial charge on any atom is -0.345 e. The number of fused-ring (bicyclic) bond motifs is 1. The molecule has 4 rings (SSSR count). The number of carbonyl (C=O) groups is 1. The van der Waals surface area contributed by atoms with E-state index in [1.54, 1.807) is 35.1 Å². The first-order chi connectivity index (χ1) is 12.2. The molecule has 0 bridgehead atoms. The van der Waals surface area contributed by atoms with Gasteiger partial charge in [-0.3, -0.25) is 4.79 Å². The molecule has 1 aliphatic carbocycles. The van der Waals surface area contributed by atoms with Crippen LogP contribution in [-0.4, -0.2) is 20.5 Å². The first kappa shape index (κ1) is 15.7. The third-order valence-corrected chi connectivity index (χ3v) is 4.91. The lowest BCUT2D eigenvalue weighted by molar-refractivity contribution is 0.0923. The number of halogens is 1. The Morgan fingerprint density at radius 1 is 1.24 bits per heavy atom. The number of nitrogens with one attached hydrogen (secondary N) is 1. The molecule has 0 saturated heterocycles. The van der Waals surface area contributed by atoms with E-state index >= 15 is 0 Å². The van der Waals surface area contributed by atoms with Crippen molar-refractivity contribution in [1.82, 2.24) is 19.9 Å². The van der Waals surface area contributed by atoms with E-state index < -0.39 is 0 Å². The molecule has 2 aromatic heterocycles. The standard InChI is InChI=1S/C19H19FN4O/c20-15-8-6-14(7-9-15)17(13-4-1-2-5-13)23-19(25)16-12-22-24-11-3-10-21-18(16)24/h3,6-13,17H,1-2,4-5H2,(H,23,25). The molecule has 6 heteroatoms. The molecular formula is C19H19FN4O. The number of benzene rings is 1. The van der Waals surface area contributed by atoms with Crippen molar-refractivity contribution in [2.24, 2.45) is 5.92 Å². The second-order valence-electron chi connectivity index (χ2n) is 6.49. The van der Waals surface area contributed by atoms with E-state index in [0.717, 1.165) is 31.2 Å². The van der Waals surface area contributed by atoms with Gasteiger partial charge in [0.2, 0.25) is 0 Å². The van der Waals surface area contributed by atoms with Gasteiger partial charge >= 0.3 is 0 Å². The zero-order chi connectivity index (χ0) is 17.2. The molecule has 25 heavy (non-hydrogen) atoms. The van der Waals surface area contributed by atoms with E-state index in [4.69, 9.17) is 0 Å². The van der Waals surface area contributed by atoms with Crippen molar-refractivity contribution in [3.63, 3.8) is 0 Å². The fourth-order valence-corrected chi connectivity index (χ4v) is 3.64. The monoisotopic (exact) mass is 338 g/mol. The van der Waals surface area contributed by atoms with Crippen LogP contribution in [0.2, 0.25) is 0 Å². The normalized spacial score (nSPS) is 16.2. The number of amides is 1. The summed E-state index contributed by atoms with van der Waals surface area (Å²) in [5.41, 5.74) is 1.92. The molecule has 1 aromatic carbocycles. The number of carbonyl (C=O) groups excluding carboxylic acids is 1. The van der Waals surface area contributed by atoms with E-state index in [0.29, 0.717) is 17.1 Å². The van der Waals surface area contributed by atoms with Crippen LogP contribution in [-0.2, 0) is 0 Å². The molecule has 0 spiro atoms. The highest BCUT2D eigenvalue weighted by Crippen LogP contribution is 2.36. The summed E-state index contributed by atoms with van der Waals surface area (Å²) >= 11 is 0. The first-order valence-corrected chi connectivity index (χ1v) is 8.57. The zero-order valence-electron chi connectivity index (χ0n) is 13.7.